The van der Waals surface area contributed by atoms with Crippen LogP contribution in [0.25, 0.3) is 0 Å². The van der Waals surface area contributed by atoms with Crippen LogP contribution in [0.4, 0.5) is 9.18 Å². The lowest BCUT2D eigenvalue weighted by atomic mass is 9.90. The third kappa shape index (κ3) is 6.11. The number of benzene rings is 1. The fraction of sp³-hybridized carbons (Fsp3) is 0.619. The number of nitrogens with one attached hydrogen (secondary N) is 1. The molecule has 6 nitrogen and oxygen atoms in total. The van der Waals surface area contributed by atoms with E-state index < -0.39 is 29.5 Å². The molecule has 0 radical (unpaired) electrons. The Morgan fingerprint density at radius 2 is 1.89 bits per heavy atom. The molecule has 1 N–H and O–H groups in total. The van der Waals surface area contributed by atoms with Gasteiger partial charge in [0.25, 0.3) is 0 Å². The summed E-state index contributed by atoms with van der Waals surface area (Å²) < 4.78 is 30.3. The number of amides is 1. The minimum absolute atomic E-state index is 0.0165. The summed E-state index contributed by atoms with van der Waals surface area (Å²) in [6.45, 7) is 7.76. The first-order chi connectivity index (χ1) is 13.0. The molecule has 0 spiro atoms. The maximum Gasteiger partial charge on any atom is 0.408 e. The molecule has 0 aliphatic heterocycles. The molecular formula is C21H30FNO5. The Labute approximate surface area is 165 Å². The van der Waals surface area contributed by atoms with Crippen molar-refractivity contribution in [2.45, 2.75) is 65.0 Å². The zero-order valence-electron chi connectivity index (χ0n) is 17.3. The molecule has 2 rings (SSSR count). The van der Waals surface area contributed by atoms with E-state index in [9.17, 15) is 14.0 Å². The number of carbonyl (C=O) groups is 2. The van der Waals surface area contributed by atoms with Gasteiger partial charge in [0.15, 0.2) is 6.04 Å². The molecule has 1 saturated carbocycles. The highest BCUT2D eigenvalue weighted by Crippen LogP contribution is 2.38. The molecule has 28 heavy (non-hydrogen) atoms. The maximum absolute atomic E-state index is 14.7. The summed E-state index contributed by atoms with van der Waals surface area (Å²) in [4.78, 5) is 24.1. The lowest BCUT2D eigenvalue weighted by Gasteiger charge is -2.24. The quantitative estimate of drug-likeness (QED) is 0.717. The molecule has 1 aliphatic carbocycles. The van der Waals surface area contributed by atoms with Crippen LogP contribution in [0.1, 0.15) is 65.0 Å². The topological polar surface area (TPSA) is 73.9 Å². The van der Waals surface area contributed by atoms with E-state index in [1.807, 2.05) is 0 Å². The van der Waals surface area contributed by atoms with Crippen molar-refractivity contribution in [3.05, 3.63) is 29.6 Å². The fourth-order valence-corrected chi connectivity index (χ4v) is 3.27. The second kappa shape index (κ2) is 8.80. The Bertz CT molecular complexity index is 707. The van der Waals surface area contributed by atoms with Crippen LogP contribution in [0.3, 0.4) is 0 Å². The molecule has 1 aromatic carbocycles. The van der Waals surface area contributed by atoms with E-state index >= 15 is 0 Å². The van der Waals surface area contributed by atoms with E-state index in [1.54, 1.807) is 26.8 Å². The predicted molar refractivity (Wildman–Crippen MR) is 103 cm³/mol. The number of carbonyl (C=O) groups excluding carboxylic acids is 2. The standard InChI is InChI=1S/C21H30FNO5/c1-20(2,3)28-19(25)23-17(18(24)26-5)15-9-8-14(12-16(15)22)27-13-21(4)10-6-7-11-21/h8-9,12,17H,6-7,10-11,13H2,1-5H3,(H,23,25). The Hall–Kier alpha value is -2.31. The average Bonchev–Trinajstić information content (AvgIpc) is 3.03. The van der Waals surface area contributed by atoms with E-state index in [-0.39, 0.29) is 11.0 Å². The summed E-state index contributed by atoms with van der Waals surface area (Å²) in [5, 5.41) is 2.37. The lowest BCUT2D eigenvalue weighted by Crippen LogP contribution is -2.38. The summed E-state index contributed by atoms with van der Waals surface area (Å²) in [7, 11) is 1.17. The van der Waals surface area contributed by atoms with Crippen LogP contribution >= 0.6 is 0 Å². The van der Waals surface area contributed by atoms with Crippen molar-refractivity contribution in [3.8, 4) is 5.75 Å². The number of alkyl carbamates (subject to hydrolysis) is 1. The highest BCUT2D eigenvalue weighted by molar-refractivity contribution is 5.82. The zero-order chi connectivity index (χ0) is 20.9. The molecule has 0 heterocycles. The second-order valence-corrected chi connectivity index (χ2v) is 8.59. The average molecular weight is 395 g/mol. The summed E-state index contributed by atoms with van der Waals surface area (Å²) in [6.07, 6.45) is 3.72. The molecule has 1 amide bonds. The predicted octanol–water partition coefficient (Wildman–Crippen LogP) is 4.52. The molecule has 0 saturated heterocycles. The summed E-state index contributed by atoms with van der Waals surface area (Å²) in [5.74, 6) is -1.08. The van der Waals surface area contributed by atoms with Gasteiger partial charge in [-0.1, -0.05) is 19.8 Å². The highest BCUT2D eigenvalue weighted by Gasteiger charge is 2.31. The van der Waals surface area contributed by atoms with Crippen molar-refractivity contribution in [2.24, 2.45) is 5.41 Å². The number of halogens is 1. The Morgan fingerprint density at radius 1 is 1.25 bits per heavy atom. The van der Waals surface area contributed by atoms with Gasteiger partial charge >= 0.3 is 12.1 Å². The Morgan fingerprint density at radius 3 is 2.43 bits per heavy atom. The number of methoxy groups -OCH3 is 1. The van der Waals surface area contributed by atoms with Crippen molar-refractivity contribution in [1.82, 2.24) is 5.32 Å². The van der Waals surface area contributed by atoms with Gasteiger partial charge in [0, 0.05) is 17.0 Å². The smallest absolute Gasteiger partial charge is 0.408 e. The summed E-state index contributed by atoms with van der Waals surface area (Å²) >= 11 is 0. The summed E-state index contributed by atoms with van der Waals surface area (Å²) in [6, 6.07) is 2.91. The van der Waals surface area contributed by atoms with E-state index in [4.69, 9.17) is 14.2 Å². The number of ether oxygens (including phenoxy) is 3. The molecule has 1 aliphatic rings. The molecule has 7 heteroatoms. The molecule has 1 aromatic rings. The van der Waals surface area contributed by atoms with Crippen molar-refractivity contribution in [1.29, 1.82) is 0 Å². The lowest BCUT2D eigenvalue weighted by molar-refractivity contribution is -0.143. The fourth-order valence-electron chi connectivity index (χ4n) is 3.27. The highest BCUT2D eigenvalue weighted by atomic mass is 19.1. The van der Waals surface area contributed by atoms with Crippen molar-refractivity contribution < 1.29 is 28.2 Å². The third-order valence-corrected chi connectivity index (χ3v) is 4.78. The normalized spacial score (nSPS) is 16.9. The van der Waals surface area contributed by atoms with Crippen LogP contribution in [-0.4, -0.2) is 31.4 Å². The molecule has 0 aromatic heterocycles. The van der Waals surface area contributed by atoms with Gasteiger partial charge in [-0.15, -0.1) is 0 Å². The Kier molecular flexibility index (Phi) is 6.91. The van der Waals surface area contributed by atoms with Crippen molar-refractivity contribution in [3.63, 3.8) is 0 Å². The van der Waals surface area contributed by atoms with Crippen LogP contribution in [0.15, 0.2) is 18.2 Å². The molecule has 1 atom stereocenters. The van der Waals surface area contributed by atoms with Gasteiger partial charge in [-0.05, 0) is 45.7 Å². The van der Waals surface area contributed by atoms with Crippen LogP contribution in [0.5, 0.6) is 5.75 Å². The number of hydrogen-bond acceptors (Lipinski definition) is 5. The third-order valence-electron chi connectivity index (χ3n) is 4.78. The van der Waals surface area contributed by atoms with Gasteiger partial charge in [-0.25, -0.2) is 14.0 Å². The number of rotatable bonds is 6. The minimum atomic E-state index is -1.32. The number of hydrogen-bond donors (Lipinski definition) is 1. The van der Waals surface area contributed by atoms with E-state index in [0.29, 0.717) is 12.4 Å². The second-order valence-electron chi connectivity index (χ2n) is 8.59. The van der Waals surface area contributed by atoms with Crippen LogP contribution < -0.4 is 10.1 Å². The maximum atomic E-state index is 14.7. The van der Waals surface area contributed by atoms with Crippen molar-refractivity contribution in [2.75, 3.05) is 13.7 Å². The molecule has 0 bridgehead atoms. The monoisotopic (exact) mass is 395 g/mol. The van der Waals surface area contributed by atoms with Crippen LogP contribution in [0, 0.1) is 11.2 Å². The van der Waals surface area contributed by atoms with Gasteiger partial charge in [0.05, 0.1) is 13.7 Å². The zero-order valence-corrected chi connectivity index (χ0v) is 17.3. The van der Waals surface area contributed by atoms with Gasteiger partial charge < -0.3 is 19.5 Å². The van der Waals surface area contributed by atoms with Crippen molar-refractivity contribution >= 4 is 12.1 Å². The first-order valence-corrected chi connectivity index (χ1v) is 9.53. The van der Waals surface area contributed by atoms with Gasteiger partial charge in [-0.3, -0.25) is 0 Å². The van der Waals surface area contributed by atoms with Crippen LogP contribution in [0.2, 0.25) is 0 Å². The van der Waals surface area contributed by atoms with E-state index in [1.165, 1.54) is 32.1 Å². The van der Waals surface area contributed by atoms with Gasteiger partial charge in [-0.2, -0.15) is 0 Å². The van der Waals surface area contributed by atoms with E-state index in [0.717, 1.165) is 12.8 Å². The molecule has 1 fully saturated rings. The first-order valence-electron chi connectivity index (χ1n) is 9.53. The first kappa shape index (κ1) is 22.0. The van der Waals surface area contributed by atoms with E-state index in [2.05, 4.69) is 12.2 Å². The minimum Gasteiger partial charge on any atom is -0.493 e. The molecule has 156 valence electrons. The number of esters is 1. The SMILES string of the molecule is COC(=O)C(NC(=O)OC(C)(C)C)c1ccc(OCC2(C)CCCC2)cc1F. The largest absolute Gasteiger partial charge is 0.493 e. The van der Waals surface area contributed by atoms with Gasteiger partial charge in [0.1, 0.15) is 17.2 Å². The van der Waals surface area contributed by atoms with Crippen LogP contribution in [-0.2, 0) is 14.3 Å². The summed E-state index contributed by atoms with van der Waals surface area (Å²) in [5.41, 5.74) is -0.656. The molecular weight excluding hydrogens is 365 g/mol. The Balaban J connectivity index is 2.12. The van der Waals surface area contributed by atoms with Gasteiger partial charge in [0.2, 0.25) is 0 Å². The molecule has 1 unspecified atom stereocenters.